The van der Waals surface area contributed by atoms with Crippen LogP contribution >= 0.6 is 0 Å². The van der Waals surface area contributed by atoms with Crippen LogP contribution in [-0.2, 0) is 6.42 Å². The summed E-state index contributed by atoms with van der Waals surface area (Å²) in [7, 11) is 0. The molecule has 0 aliphatic heterocycles. The second kappa shape index (κ2) is 8.63. The zero-order valence-corrected chi connectivity index (χ0v) is 11.3. The average Bonchev–Trinajstić information content (AvgIpc) is 2.37. The first-order valence-electron chi connectivity index (χ1n) is 6.24. The van der Waals surface area contributed by atoms with Gasteiger partial charge in [0, 0.05) is 0 Å². The van der Waals surface area contributed by atoms with Gasteiger partial charge in [-0.2, -0.15) is 0 Å². The van der Waals surface area contributed by atoms with Crippen molar-refractivity contribution in [2.75, 3.05) is 0 Å². The Morgan fingerprint density at radius 3 is 2.24 bits per heavy atom. The van der Waals surface area contributed by atoms with Crippen molar-refractivity contribution >= 4 is 5.57 Å². The molecule has 0 bridgehead atoms. The molecular weight excluding hydrogens is 208 g/mol. The van der Waals surface area contributed by atoms with Crippen LogP contribution < -0.4 is 0 Å². The fourth-order valence-corrected chi connectivity index (χ4v) is 1.30. The normalized spacial score (nSPS) is 9.12. The Bertz CT molecular complexity index is 362. The molecule has 94 valence electrons. The van der Waals surface area contributed by atoms with Gasteiger partial charge in [0.15, 0.2) is 0 Å². The highest BCUT2D eigenvalue weighted by molar-refractivity contribution is 5.74. The van der Waals surface area contributed by atoms with Crippen molar-refractivity contribution in [2.24, 2.45) is 0 Å². The summed E-state index contributed by atoms with van der Waals surface area (Å²) in [6.45, 7) is 14.0. The van der Waals surface area contributed by atoms with Crippen molar-refractivity contribution in [3.05, 3.63) is 48.6 Å². The van der Waals surface area contributed by atoms with Gasteiger partial charge in [0.05, 0.1) is 0 Å². The minimum Gasteiger partial charge on any atom is -0.508 e. The smallest absolute Gasteiger partial charge is 0.115 e. The van der Waals surface area contributed by atoms with E-state index in [0.29, 0.717) is 5.75 Å². The van der Waals surface area contributed by atoms with Gasteiger partial charge in [-0.25, -0.2) is 0 Å². The maximum atomic E-state index is 9.27. The highest BCUT2D eigenvalue weighted by Crippen LogP contribution is 2.23. The maximum Gasteiger partial charge on any atom is 0.115 e. The SMILES string of the molecule is C=CC(=C)c1ccc(O)cc1CC.CCCC. The molecule has 0 aliphatic rings. The molecule has 0 heterocycles. The predicted molar refractivity (Wildman–Crippen MR) is 77.3 cm³/mol. The van der Waals surface area contributed by atoms with Gasteiger partial charge in [0.25, 0.3) is 0 Å². The molecule has 17 heavy (non-hydrogen) atoms. The van der Waals surface area contributed by atoms with Crippen molar-refractivity contribution in [1.29, 1.82) is 0 Å². The molecule has 0 saturated carbocycles. The van der Waals surface area contributed by atoms with Crippen LogP contribution in [0.5, 0.6) is 5.75 Å². The van der Waals surface area contributed by atoms with E-state index in [4.69, 9.17) is 0 Å². The topological polar surface area (TPSA) is 20.2 Å². The number of phenols is 1. The van der Waals surface area contributed by atoms with Gasteiger partial charge in [-0.15, -0.1) is 0 Å². The molecule has 1 rings (SSSR count). The van der Waals surface area contributed by atoms with E-state index >= 15 is 0 Å². The number of aromatic hydroxyl groups is 1. The Balaban J connectivity index is 0.000000557. The zero-order valence-electron chi connectivity index (χ0n) is 11.3. The lowest BCUT2D eigenvalue weighted by Gasteiger charge is -2.07. The summed E-state index contributed by atoms with van der Waals surface area (Å²) >= 11 is 0. The predicted octanol–water partition coefficient (Wildman–Crippen LogP) is 4.96. The standard InChI is InChI=1S/C12H14O.C4H10/c1-4-9(3)12-7-6-11(13)8-10(12)5-2;1-3-4-2/h4,6-8,13H,1,3,5H2,2H3;3-4H2,1-2H3. The molecule has 1 heteroatoms. The van der Waals surface area contributed by atoms with Gasteiger partial charge < -0.3 is 5.11 Å². The molecule has 1 aromatic rings. The summed E-state index contributed by atoms with van der Waals surface area (Å²) in [6, 6.07) is 5.31. The van der Waals surface area contributed by atoms with Gasteiger partial charge in [0.1, 0.15) is 5.75 Å². The highest BCUT2D eigenvalue weighted by Gasteiger charge is 2.02. The summed E-state index contributed by atoms with van der Waals surface area (Å²) in [5.41, 5.74) is 3.07. The largest absolute Gasteiger partial charge is 0.508 e. The molecular formula is C16H24O. The summed E-state index contributed by atoms with van der Waals surface area (Å²) in [4.78, 5) is 0. The van der Waals surface area contributed by atoms with E-state index in [-0.39, 0.29) is 0 Å². The number of rotatable bonds is 4. The minimum absolute atomic E-state index is 0.303. The number of hydrogen-bond donors (Lipinski definition) is 1. The molecule has 0 atom stereocenters. The van der Waals surface area contributed by atoms with Crippen LogP contribution in [0, 0.1) is 0 Å². The third kappa shape index (κ3) is 5.39. The van der Waals surface area contributed by atoms with Crippen LogP contribution in [0.3, 0.4) is 0 Å². The molecule has 0 radical (unpaired) electrons. The lowest BCUT2D eigenvalue weighted by atomic mass is 9.99. The van der Waals surface area contributed by atoms with Gasteiger partial charge in [-0.3, -0.25) is 0 Å². The molecule has 0 amide bonds. The molecule has 0 saturated heterocycles. The van der Waals surface area contributed by atoms with Gasteiger partial charge in [-0.1, -0.05) is 58.9 Å². The van der Waals surface area contributed by atoms with Crippen LogP contribution in [-0.4, -0.2) is 5.11 Å². The van der Waals surface area contributed by atoms with Crippen LogP contribution in [0.15, 0.2) is 37.4 Å². The monoisotopic (exact) mass is 232 g/mol. The Morgan fingerprint density at radius 1 is 1.24 bits per heavy atom. The third-order valence-corrected chi connectivity index (χ3v) is 2.56. The number of unbranched alkanes of at least 4 members (excludes halogenated alkanes) is 1. The van der Waals surface area contributed by atoms with E-state index < -0.39 is 0 Å². The average molecular weight is 232 g/mol. The molecule has 0 fully saturated rings. The summed E-state index contributed by atoms with van der Waals surface area (Å²) in [5, 5.41) is 9.27. The third-order valence-electron chi connectivity index (χ3n) is 2.56. The van der Waals surface area contributed by atoms with E-state index in [1.165, 1.54) is 12.8 Å². The quantitative estimate of drug-likeness (QED) is 0.727. The van der Waals surface area contributed by atoms with Crippen molar-refractivity contribution in [3.63, 3.8) is 0 Å². The Morgan fingerprint density at radius 2 is 1.82 bits per heavy atom. The van der Waals surface area contributed by atoms with E-state index in [1.807, 2.05) is 6.07 Å². The number of phenolic OH excluding ortho intramolecular Hbond substituents is 1. The highest BCUT2D eigenvalue weighted by atomic mass is 16.3. The van der Waals surface area contributed by atoms with Crippen LogP contribution in [0.4, 0.5) is 0 Å². The number of allylic oxidation sites excluding steroid dienone is 2. The Kier molecular flexibility index (Phi) is 7.87. The van der Waals surface area contributed by atoms with E-state index in [1.54, 1.807) is 18.2 Å². The first kappa shape index (κ1) is 15.5. The maximum absolute atomic E-state index is 9.27. The zero-order chi connectivity index (χ0) is 13.3. The summed E-state index contributed by atoms with van der Waals surface area (Å²) < 4.78 is 0. The first-order chi connectivity index (χ1) is 8.10. The van der Waals surface area contributed by atoms with E-state index in [2.05, 4.69) is 33.9 Å². The number of aryl methyl sites for hydroxylation is 1. The number of hydrogen-bond acceptors (Lipinski definition) is 1. The fourth-order valence-electron chi connectivity index (χ4n) is 1.30. The molecule has 0 unspecified atom stereocenters. The van der Waals surface area contributed by atoms with Crippen molar-refractivity contribution < 1.29 is 5.11 Å². The first-order valence-corrected chi connectivity index (χ1v) is 6.24. The van der Waals surface area contributed by atoms with Crippen LogP contribution in [0.25, 0.3) is 5.57 Å². The van der Waals surface area contributed by atoms with Crippen LogP contribution in [0.2, 0.25) is 0 Å². The second-order valence-corrected chi connectivity index (χ2v) is 3.92. The molecule has 0 aliphatic carbocycles. The molecule has 1 N–H and O–H groups in total. The summed E-state index contributed by atoms with van der Waals surface area (Å²) in [5.74, 6) is 0.303. The molecule has 0 spiro atoms. The Hall–Kier alpha value is -1.50. The molecule has 1 nitrogen and oxygen atoms in total. The Labute approximate surface area is 106 Å². The summed E-state index contributed by atoms with van der Waals surface area (Å²) in [6.07, 6.45) is 5.25. The lowest BCUT2D eigenvalue weighted by molar-refractivity contribution is 0.474. The number of benzene rings is 1. The van der Waals surface area contributed by atoms with Crippen molar-refractivity contribution in [3.8, 4) is 5.75 Å². The van der Waals surface area contributed by atoms with Crippen LogP contribution in [0.1, 0.15) is 44.7 Å². The van der Waals surface area contributed by atoms with Gasteiger partial charge >= 0.3 is 0 Å². The van der Waals surface area contributed by atoms with E-state index in [9.17, 15) is 5.11 Å². The fraction of sp³-hybridized carbons (Fsp3) is 0.375. The van der Waals surface area contributed by atoms with Crippen molar-refractivity contribution in [1.82, 2.24) is 0 Å². The molecule has 0 aromatic heterocycles. The van der Waals surface area contributed by atoms with E-state index in [0.717, 1.165) is 23.1 Å². The minimum atomic E-state index is 0.303. The lowest BCUT2D eigenvalue weighted by Crippen LogP contribution is -1.89. The molecule has 1 aromatic carbocycles. The second-order valence-electron chi connectivity index (χ2n) is 3.92. The van der Waals surface area contributed by atoms with Gasteiger partial charge in [-0.05, 0) is 35.3 Å². The van der Waals surface area contributed by atoms with Gasteiger partial charge in [0.2, 0.25) is 0 Å². The van der Waals surface area contributed by atoms with Crippen molar-refractivity contribution in [2.45, 2.75) is 40.0 Å².